The van der Waals surface area contributed by atoms with Gasteiger partial charge in [-0.2, -0.15) is 0 Å². The molecular formula is C23H17F2NO5. The molecule has 1 saturated heterocycles. The maximum absolute atomic E-state index is 14.5. The van der Waals surface area contributed by atoms with Crippen molar-refractivity contribution in [2.24, 2.45) is 0 Å². The zero-order valence-corrected chi connectivity index (χ0v) is 16.3. The van der Waals surface area contributed by atoms with Crippen LogP contribution in [0.25, 0.3) is 5.76 Å². The summed E-state index contributed by atoms with van der Waals surface area (Å²) in [7, 11) is 0. The fourth-order valence-electron chi connectivity index (χ4n) is 3.50. The van der Waals surface area contributed by atoms with E-state index in [-0.39, 0.29) is 22.6 Å². The number of carbonyl (C=O) groups excluding carboxylic acids is 2. The second kappa shape index (κ2) is 8.06. The van der Waals surface area contributed by atoms with Gasteiger partial charge in [0.25, 0.3) is 11.7 Å². The minimum absolute atomic E-state index is 0.135. The molecule has 1 fully saturated rings. The normalized spacial score (nSPS) is 17.9. The van der Waals surface area contributed by atoms with Crippen molar-refractivity contribution in [1.82, 2.24) is 0 Å². The van der Waals surface area contributed by atoms with Crippen LogP contribution in [0, 0.1) is 11.6 Å². The summed E-state index contributed by atoms with van der Waals surface area (Å²) in [6.45, 7) is 2.28. The molecule has 0 spiro atoms. The van der Waals surface area contributed by atoms with Gasteiger partial charge in [0.1, 0.15) is 34.9 Å². The molecule has 1 aliphatic rings. The Hall–Kier alpha value is -3.94. The van der Waals surface area contributed by atoms with Crippen molar-refractivity contribution in [2.45, 2.75) is 13.0 Å². The summed E-state index contributed by atoms with van der Waals surface area (Å²) >= 11 is 0. The molecule has 4 rings (SSSR count). The molecule has 0 saturated carbocycles. The van der Waals surface area contributed by atoms with Crippen LogP contribution >= 0.6 is 0 Å². The first-order valence-corrected chi connectivity index (χ1v) is 9.45. The van der Waals surface area contributed by atoms with Crippen molar-refractivity contribution in [3.63, 3.8) is 0 Å². The Morgan fingerprint density at radius 3 is 2.48 bits per heavy atom. The Bertz CT molecular complexity index is 1170. The van der Waals surface area contributed by atoms with Crippen LogP contribution < -0.4 is 9.64 Å². The number of amides is 1. The SMILES string of the molecule is CCOc1ccc(/C(O)=C2/C(=O)C(=O)N(c3ccc(F)cc3F)C2c2ccco2)cc1. The zero-order chi connectivity index (χ0) is 22.1. The first kappa shape index (κ1) is 20.3. The maximum atomic E-state index is 14.5. The third-order valence-electron chi connectivity index (χ3n) is 4.87. The third-order valence-corrected chi connectivity index (χ3v) is 4.87. The molecule has 158 valence electrons. The van der Waals surface area contributed by atoms with Gasteiger partial charge < -0.3 is 14.3 Å². The number of hydrogen-bond acceptors (Lipinski definition) is 5. The predicted octanol–water partition coefficient (Wildman–Crippen LogP) is 4.58. The number of nitrogens with zero attached hydrogens (tertiary/aromatic N) is 1. The second-order valence-electron chi connectivity index (χ2n) is 6.74. The van der Waals surface area contributed by atoms with Crippen LogP contribution in [-0.2, 0) is 9.59 Å². The number of Topliss-reactive ketones (excluding diaryl/α,β-unsaturated/α-hetero) is 1. The van der Waals surface area contributed by atoms with E-state index in [9.17, 15) is 23.5 Å². The standard InChI is InChI=1S/C23H17F2NO5/c1-2-30-15-8-5-13(6-9-15)21(27)19-20(18-4-3-11-31-18)26(23(29)22(19)28)17-10-7-14(24)12-16(17)25/h3-12,20,27H,2H2,1H3/b21-19-. The Morgan fingerprint density at radius 1 is 1.13 bits per heavy atom. The molecule has 31 heavy (non-hydrogen) atoms. The number of aliphatic hydroxyl groups is 1. The molecule has 1 unspecified atom stereocenters. The highest BCUT2D eigenvalue weighted by atomic mass is 19.1. The molecule has 0 aliphatic carbocycles. The molecular weight excluding hydrogens is 408 g/mol. The van der Waals surface area contributed by atoms with Crippen LogP contribution in [0.2, 0.25) is 0 Å². The van der Waals surface area contributed by atoms with E-state index in [0.717, 1.165) is 17.0 Å². The highest BCUT2D eigenvalue weighted by Crippen LogP contribution is 2.43. The summed E-state index contributed by atoms with van der Waals surface area (Å²) in [6.07, 6.45) is 1.33. The van der Waals surface area contributed by atoms with E-state index in [0.29, 0.717) is 18.4 Å². The summed E-state index contributed by atoms with van der Waals surface area (Å²) in [5.41, 5.74) is -0.318. The molecule has 0 bridgehead atoms. The summed E-state index contributed by atoms with van der Waals surface area (Å²) in [5.74, 6) is -3.70. The lowest BCUT2D eigenvalue weighted by Crippen LogP contribution is -2.30. The number of hydrogen-bond donors (Lipinski definition) is 1. The van der Waals surface area contributed by atoms with Crippen LogP contribution in [0.3, 0.4) is 0 Å². The van der Waals surface area contributed by atoms with Crippen molar-refractivity contribution in [2.75, 3.05) is 11.5 Å². The molecule has 1 atom stereocenters. The first-order valence-electron chi connectivity index (χ1n) is 9.45. The minimum Gasteiger partial charge on any atom is -0.507 e. The van der Waals surface area contributed by atoms with Crippen molar-refractivity contribution >= 4 is 23.1 Å². The van der Waals surface area contributed by atoms with Crippen LogP contribution in [-0.4, -0.2) is 23.4 Å². The molecule has 8 heteroatoms. The van der Waals surface area contributed by atoms with E-state index >= 15 is 0 Å². The minimum atomic E-state index is -1.23. The van der Waals surface area contributed by atoms with Crippen molar-refractivity contribution in [3.8, 4) is 5.75 Å². The molecule has 1 amide bonds. The van der Waals surface area contributed by atoms with E-state index < -0.39 is 35.1 Å². The number of carbonyl (C=O) groups is 2. The van der Waals surface area contributed by atoms with E-state index in [1.54, 1.807) is 12.1 Å². The van der Waals surface area contributed by atoms with E-state index in [4.69, 9.17) is 9.15 Å². The van der Waals surface area contributed by atoms with E-state index in [1.807, 2.05) is 6.92 Å². The predicted molar refractivity (Wildman–Crippen MR) is 107 cm³/mol. The van der Waals surface area contributed by atoms with Crippen LogP contribution in [0.1, 0.15) is 24.3 Å². The topological polar surface area (TPSA) is 80.0 Å². The molecule has 2 aromatic carbocycles. The van der Waals surface area contributed by atoms with Crippen molar-refractivity contribution in [3.05, 3.63) is 89.4 Å². The summed E-state index contributed by atoms with van der Waals surface area (Å²) < 4.78 is 38.7. The fraction of sp³-hybridized carbons (Fsp3) is 0.130. The van der Waals surface area contributed by atoms with E-state index in [2.05, 4.69) is 0 Å². The molecule has 0 radical (unpaired) electrons. The number of aliphatic hydroxyl groups excluding tert-OH is 1. The Kier molecular flexibility index (Phi) is 5.29. The quantitative estimate of drug-likeness (QED) is 0.368. The second-order valence-corrected chi connectivity index (χ2v) is 6.74. The molecule has 2 heterocycles. The number of furan rings is 1. The van der Waals surface area contributed by atoms with Gasteiger partial charge in [0.15, 0.2) is 0 Å². The Morgan fingerprint density at radius 2 is 1.87 bits per heavy atom. The molecule has 1 aromatic heterocycles. The number of ether oxygens (including phenoxy) is 1. The van der Waals surface area contributed by atoms with Crippen molar-refractivity contribution in [1.29, 1.82) is 0 Å². The monoisotopic (exact) mass is 425 g/mol. The summed E-state index contributed by atoms with van der Waals surface area (Å²) in [6, 6.07) is 10.7. The van der Waals surface area contributed by atoms with Crippen molar-refractivity contribution < 1.29 is 32.6 Å². The third kappa shape index (κ3) is 3.56. The fourth-order valence-corrected chi connectivity index (χ4v) is 3.50. The number of halogens is 2. The lowest BCUT2D eigenvalue weighted by atomic mass is 9.99. The first-order chi connectivity index (χ1) is 14.9. The van der Waals surface area contributed by atoms with Crippen LogP contribution in [0.5, 0.6) is 5.75 Å². The maximum Gasteiger partial charge on any atom is 0.300 e. The highest BCUT2D eigenvalue weighted by molar-refractivity contribution is 6.51. The smallest absolute Gasteiger partial charge is 0.300 e. The van der Waals surface area contributed by atoms with Gasteiger partial charge in [-0.05, 0) is 55.5 Å². The van der Waals surface area contributed by atoms with Gasteiger partial charge in [0.2, 0.25) is 0 Å². The van der Waals surface area contributed by atoms with Crippen LogP contribution in [0.15, 0.2) is 70.9 Å². The van der Waals surface area contributed by atoms with Gasteiger partial charge in [-0.3, -0.25) is 14.5 Å². The summed E-state index contributed by atoms with van der Waals surface area (Å²) in [4.78, 5) is 26.6. The molecule has 1 aliphatic heterocycles. The number of anilines is 1. The van der Waals surface area contributed by atoms with E-state index in [1.165, 1.54) is 30.5 Å². The highest BCUT2D eigenvalue weighted by Gasteiger charge is 2.49. The Balaban J connectivity index is 1.87. The molecule has 1 N–H and O–H groups in total. The van der Waals surface area contributed by atoms with Gasteiger partial charge in [0, 0.05) is 11.6 Å². The lowest BCUT2D eigenvalue weighted by Gasteiger charge is -2.23. The average Bonchev–Trinajstić information content (AvgIpc) is 3.36. The summed E-state index contributed by atoms with van der Waals surface area (Å²) in [5, 5.41) is 10.9. The average molecular weight is 425 g/mol. The number of benzene rings is 2. The van der Waals surface area contributed by atoms with Gasteiger partial charge >= 0.3 is 0 Å². The lowest BCUT2D eigenvalue weighted by molar-refractivity contribution is -0.132. The number of rotatable bonds is 5. The van der Waals surface area contributed by atoms with Gasteiger partial charge in [-0.15, -0.1) is 0 Å². The van der Waals surface area contributed by atoms with Crippen LogP contribution in [0.4, 0.5) is 14.5 Å². The largest absolute Gasteiger partial charge is 0.507 e. The van der Waals surface area contributed by atoms with Gasteiger partial charge in [-0.1, -0.05) is 0 Å². The van der Waals surface area contributed by atoms with Gasteiger partial charge in [-0.25, -0.2) is 8.78 Å². The zero-order valence-electron chi connectivity index (χ0n) is 16.3. The Labute approximate surface area is 176 Å². The van der Waals surface area contributed by atoms with Gasteiger partial charge in [0.05, 0.1) is 24.1 Å². The molecule has 3 aromatic rings. The number of ketones is 1. The molecule has 6 nitrogen and oxygen atoms in total.